The number of fused-ring (bicyclic) bond motifs is 1. The Kier molecular flexibility index (Phi) is 5.61. The second-order valence-electron chi connectivity index (χ2n) is 8.09. The highest BCUT2D eigenvalue weighted by Gasteiger charge is 2.30. The van der Waals surface area contributed by atoms with E-state index in [1.54, 1.807) is 13.0 Å². The molecule has 35 heavy (non-hydrogen) atoms. The molecule has 5 rings (SSSR count). The van der Waals surface area contributed by atoms with Crippen molar-refractivity contribution >= 4 is 46.1 Å². The highest BCUT2D eigenvalue weighted by atomic mass is 32.1. The van der Waals surface area contributed by atoms with Gasteiger partial charge in [0.25, 0.3) is 0 Å². The predicted molar refractivity (Wildman–Crippen MR) is 127 cm³/mol. The minimum atomic E-state index is -1.34. The third-order valence-corrected chi connectivity index (χ3v) is 6.48. The molecule has 12 nitrogen and oxygen atoms in total. The summed E-state index contributed by atoms with van der Waals surface area (Å²) in [5, 5.41) is 22.2. The van der Waals surface area contributed by atoms with Crippen LogP contribution in [0.5, 0.6) is 5.75 Å². The summed E-state index contributed by atoms with van der Waals surface area (Å²) in [6.45, 7) is 2.69. The van der Waals surface area contributed by atoms with Crippen molar-refractivity contribution in [3.63, 3.8) is 0 Å². The molecule has 5 heterocycles. The third-order valence-electron chi connectivity index (χ3n) is 5.81. The Morgan fingerprint density at radius 1 is 1.26 bits per heavy atom. The first-order valence-corrected chi connectivity index (χ1v) is 11.4. The van der Waals surface area contributed by atoms with Crippen LogP contribution in [0.3, 0.4) is 0 Å². The van der Waals surface area contributed by atoms with Gasteiger partial charge in [0.2, 0.25) is 16.5 Å². The average Bonchev–Trinajstić information content (AvgIpc) is 3.53. The number of aromatic nitrogens is 5. The number of rotatable bonds is 5. The molecule has 1 atom stereocenters. The van der Waals surface area contributed by atoms with Crippen LogP contribution in [0.2, 0.25) is 0 Å². The highest BCUT2D eigenvalue weighted by Crippen LogP contribution is 2.28. The maximum Gasteiger partial charge on any atom is 0.341 e. The molecule has 1 unspecified atom stereocenters. The topological polar surface area (TPSA) is 163 Å². The Labute approximate surface area is 201 Å². The number of aromatic carboxylic acids is 1. The van der Waals surface area contributed by atoms with Gasteiger partial charge in [-0.3, -0.25) is 14.2 Å². The van der Waals surface area contributed by atoms with Gasteiger partial charge in [-0.2, -0.15) is 4.37 Å². The number of hydrogen-bond donors (Lipinski definition) is 3. The van der Waals surface area contributed by atoms with Crippen molar-refractivity contribution in [1.82, 2.24) is 23.9 Å². The van der Waals surface area contributed by atoms with E-state index in [9.17, 15) is 24.6 Å². The number of pyridine rings is 3. The number of amides is 1. The summed E-state index contributed by atoms with van der Waals surface area (Å²) < 4.78 is 5.44. The van der Waals surface area contributed by atoms with Crippen LogP contribution >= 0.6 is 11.5 Å². The maximum atomic E-state index is 12.9. The fourth-order valence-electron chi connectivity index (χ4n) is 4.08. The maximum absolute atomic E-state index is 12.9. The number of aryl methyl sites for hydroxylation is 1. The molecule has 0 spiro atoms. The largest absolute Gasteiger partial charge is 0.506 e. The molecule has 1 aliphatic rings. The Hall–Kier alpha value is -4.39. The fraction of sp³-hybridized carbons (Fsp3) is 0.227. The summed E-state index contributed by atoms with van der Waals surface area (Å²) in [5.74, 6) is -0.927. The van der Waals surface area contributed by atoms with E-state index >= 15 is 0 Å². The predicted octanol–water partition coefficient (Wildman–Crippen LogP) is 1.81. The van der Waals surface area contributed by atoms with Crippen molar-refractivity contribution in [2.24, 2.45) is 5.92 Å². The van der Waals surface area contributed by atoms with Gasteiger partial charge >= 0.3 is 5.97 Å². The molecule has 1 amide bonds. The second kappa shape index (κ2) is 8.76. The lowest BCUT2D eigenvalue weighted by atomic mass is 10.1. The average molecular weight is 494 g/mol. The molecule has 4 aromatic heterocycles. The van der Waals surface area contributed by atoms with E-state index in [4.69, 9.17) is 0 Å². The first-order chi connectivity index (χ1) is 16.8. The standard InChI is InChI=1S/C22H19N7O5S/c1-11-6-16(28-5-4-12(8-28)20(32)26-15-3-2-13(30)7-23-15)27-19-17(11)18(31)14(21(33)34)9-29(19)22-24-10-25-35-22/h2-3,6-7,9-10,12,30H,4-5,8H2,1H3,(H,33,34)(H,23,26,32). The lowest BCUT2D eigenvalue weighted by molar-refractivity contribution is -0.119. The van der Waals surface area contributed by atoms with Crippen LogP contribution in [0.15, 0.2) is 41.7 Å². The van der Waals surface area contributed by atoms with Crippen LogP contribution in [0.25, 0.3) is 16.2 Å². The van der Waals surface area contributed by atoms with Crippen LogP contribution < -0.4 is 15.6 Å². The van der Waals surface area contributed by atoms with Gasteiger partial charge in [-0.05, 0) is 37.1 Å². The van der Waals surface area contributed by atoms with Crippen LogP contribution in [0.1, 0.15) is 22.3 Å². The Bertz CT molecular complexity index is 1500. The summed E-state index contributed by atoms with van der Waals surface area (Å²) in [6, 6.07) is 4.69. The number of anilines is 2. The van der Waals surface area contributed by atoms with Crippen molar-refractivity contribution in [3.05, 3.63) is 58.3 Å². The first kappa shape index (κ1) is 22.4. The molecule has 4 aromatic rings. The van der Waals surface area contributed by atoms with Gasteiger partial charge in [-0.15, -0.1) is 0 Å². The molecule has 0 aromatic carbocycles. The zero-order valence-electron chi connectivity index (χ0n) is 18.4. The number of carbonyl (C=O) groups is 2. The summed E-state index contributed by atoms with van der Waals surface area (Å²) in [7, 11) is 0. The minimum absolute atomic E-state index is 0.00951. The molecule has 178 valence electrons. The molecular formula is C22H19N7O5S. The van der Waals surface area contributed by atoms with Crippen LogP contribution in [0, 0.1) is 12.8 Å². The summed E-state index contributed by atoms with van der Waals surface area (Å²) in [6.07, 6.45) is 4.40. The molecule has 13 heteroatoms. The molecule has 1 fully saturated rings. The molecule has 0 radical (unpaired) electrons. The van der Waals surface area contributed by atoms with Crippen molar-refractivity contribution in [3.8, 4) is 10.9 Å². The van der Waals surface area contributed by atoms with Gasteiger partial charge in [0, 0.05) is 30.8 Å². The van der Waals surface area contributed by atoms with E-state index in [-0.39, 0.29) is 34.2 Å². The molecule has 0 saturated carbocycles. The Morgan fingerprint density at radius 2 is 2.09 bits per heavy atom. The summed E-state index contributed by atoms with van der Waals surface area (Å²) in [5.41, 5.74) is -0.165. The van der Waals surface area contributed by atoms with E-state index in [0.29, 0.717) is 41.8 Å². The van der Waals surface area contributed by atoms with E-state index in [1.807, 2.05) is 4.90 Å². The lowest BCUT2D eigenvalue weighted by Gasteiger charge is -2.20. The van der Waals surface area contributed by atoms with Crippen molar-refractivity contribution in [2.45, 2.75) is 13.3 Å². The zero-order valence-corrected chi connectivity index (χ0v) is 19.2. The van der Waals surface area contributed by atoms with E-state index in [0.717, 1.165) is 11.5 Å². The van der Waals surface area contributed by atoms with Gasteiger partial charge in [0.1, 0.15) is 29.3 Å². The number of carboxylic acid groups (broad SMARTS) is 1. The van der Waals surface area contributed by atoms with Gasteiger partial charge in [0.05, 0.1) is 17.5 Å². The molecule has 1 saturated heterocycles. The third kappa shape index (κ3) is 4.17. The summed E-state index contributed by atoms with van der Waals surface area (Å²) >= 11 is 1.05. The first-order valence-electron chi connectivity index (χ1n) is 10.6. The van der Waals surface area contributed by atoms with Crippen LogP contribution in [0.4, 0.5) is 11.6 Å². The smallest absolute Gasteiger partial charge is 0.341 e. The van der Waals surface area contributed by atoms with Crippen molar-refractivity contribution < 1.29 is 19.8 Å². The lowest BCUT2D eigenvalue weighted by Crippen LogP contribution is -2.28. The number of aromatic hydroxyl groups is 1. The fourth-order valence-corrected chi connectivity index (χ4v) is 4.59. The SMILES string of the molecule is Cc1cc(N2CCC(C(=O)Nc3ccc(O)cn3)C2)nc2c1c(=O)c(C(=O)O)cn2-c1ncns1. The number of carbonyl (C=O) groups excluding carboxylic acids is 1. The minimum Gasteiger partial charge on any atom is -0.506 e. The van der Waals surface area contributed by atoms with Gasteiger partial charge in [0.15, 0.2) is 5.65 Å². The molecule has 0 bridgehead atoms. The zero-order chi connectivity index (χ0) is 24.7. The molecule has 3 N–H and O–H groups in total. The number of nitrogens with zero attached hydrogens (tertiary/aromatic N) is 6. The van der Waals surface area contributed by atoms with Gasteiger partial charge < -0.3 is 20.4 Å². The second-order valence-corrected chi connectivity index (χ2v) is 8.85. The molecular weight excluding hydrogens is 474 g/mol. The van der Waals surface area contributed by atoms with Crippen molar-refractivity contribution in [2.75, 3.05) is 23.3 Å². The summed E-state index contributed by atoms with van der Waals surface area (Å²) in [4.78, 5) is 52.1. The Balaban J connectivity index is 1.48. The normalized spacial score (nSPS) is 15.5. The monoisotopic (exact) mass is 493 g/mol. The molecule has 1 aliphatic heterocycles. The van der Waals surface area contributed by atoms with E-state index in [1.165, 1.54) is 35.4 Å². The van der Waals surface area contributed by atoms with Crippen LogP contribution in [-0.4, -0.2) is 59.1 Å². The van der Waals surface area contributed by atoms with E-state index < -0.39 is 11.4 Å². The van der Waals surface area contributed by atoms with E-state index in [2.05, 4.69) is 24.6 Å². The highest BCUT2D eigenvalue weighted by molar-refractivity contribution is 7.08. The Morgan fingerprint density at radius 3 is 2.77 bits per heavy atom. The molecule has 0 aliphatic carbocycles. The van der Waals surface area contributed by atoms with Crippen LogP contribution in [-0.2, 0) is 4.79 Å². The van der Waals surface area contributed by atoms with Gasteiger partial charge in [-0.1, -0.05) is 0 Å². The number of nitrogens with one attached hydrogen (secondary N) is 1. The number of hydrogen-bond acceptors (Lipinski definition) is 10. The van der Waals surface area contributed by atoms with Gasteiger partial charge in [-0.25, -0.2) is 19.7 Å². The number of carboxylic acids is 1. The van der Waals surface area contributed by atoms with Crippen molar-refractivity contribution in [1.29, 1.82) is 0 Å². The quantitative estimate of drug-likeness (QED) is 0.373.